The first-order valence-electron chi connectivity index (χ1n) is 14.9. The topological polar surface area (TPSA) is 95.3 Å². The molecule has 0 aromatic heterocycles. The highest BCUT2D eigenvalue weighted by atomic mass is 31.3. The SMILES string of the molecule is CCC(C)NP1(Oc2ccccc2)=NP(Oc2ccccc2)(Oc2ccccc2)=NP(Oc2ccccc2)(Oc2ccccc2)=N1. The maximum atomic E-state index is 6.82. The van der Waals surface area contributed by atoms with Gasteiger partial charge in [-0.05, 0) is 74.0 Å². The van der Waals surface area contributed by atoms with Gasteiger partial charge in [0.05, 0.1) is 0 Å². The van der Waals surface area contributed by atoms with E-state index >= 15 is 0 Å². The van der Waals surface area contributed by atoms with Gasteiger partial charge in [-0.25, -0.2) is 5.09 Å². The van der Waals surface area contributed by atoms with E-state index in [0.29, 0.717) is 28.7 Å². The van der Waals surface area contributed by atoms with Gasteiger partial charge in [0.2, 0.25) is 0 Å². The van der Waals surface area contributed by atoms with Crippen LogP contribution in [0.1, 0.15) is 20.3 Å². The molecule has 1 heterocycles. The van der Waals surface area contributed by atoms with Crippen LogP contribution in [-0.2, 0) is 0 Å². The van der Waals surface area contributed by atoms with Crippen molar-refractivity contribution in [2.75, 3.05) is 0 Å². The standard InChI is InChI=1S/C34H35N4O5P3/c1-3-29(2)35-44(39-30-19-9-4-10-20-30)36-45(40-31-21-11-5-12-22-31,41-32-23-13-6-14-24-32)38-46(37-44,42-33-25-15-7-16-26-33)43-34-27-17-8-18-28-34/h4-29,35H,3H2,1-2H3. The van der Waals surface area contributed by atoms with Gasteiger partial charge in [0.25, 0.3) is 0 Å². The Morgan fingerprint density at radius 3 is 1.09 bits per heavy atom. The Balaban J connectivity index is 1.68. The molecule has 5 aromatic rings. The van der Waals surface area contributed by atoms with E-state index in [-0.39, 0.29) is 6.04 Å². The number of hydrogen-bond acceptors (Lipinski definition) is 9. The quantitative estimate of drug-likeness (QED) is 0.125. The van der Waals surface area contributed by atoms with Gasteiger partial charge in [-0.2, -0.15) is 0 Å². The molecular formula is C34H35N4O5P3. The van der Waals surface area contributed by atoms with Crippen molar-refractivity contribution in [1.82, 2.24) is 5.09 Å². The molecule has 2 atom stereocenters. The Kier molecular flexibility index (Phi) is 9.97. The molecule has 1 aliphatic heterocycles. The van der Waals surface area contributed by atoms with Crippen LogP contribution in [0.5, 0.6) is 28.7 Å². The minimum absolute atomic E-state index is 0.0617. The lowest BCUT2D eigenvalue weighted by atomic mass is 10.3. The third-order valence-corrected chi connectivity index (χ3v) is 15.1. The molecule has 12 heteroatoms. The summed E-state index contributed by atoms with van der Waals surface area (Å²) in [5, 5.41) is 3.61. The van der Waals surface area contributed by atoms with Crippen molar-refractivity contribution in [2.45, 2.75) is 26.3 Å². The van der Waals surface area contributed by atoms with Crippen LogP contribution in [0.15, 0.2) is 165 Å². The van der Waals surface area contributed by atoms with Crippen LogP contribution in [-0.4, -0.2) is 6.04 Å². The fourth-order valence-electron chi connectivity index (χ4n) is 4.28. The van der Waals surface area contributed by atoms with Gasteiger partial charge in [0, 0.05) is 6.04 Å². The molecule has 0 spiro atoms. The van der Waals surface area contributed by atoms with Crippen molar-refractivity contribution in [1.29, 1.82) is 0 Å². The van der Waals surface area contributed by atoms with E-state index in [1.54, 1.807) is 0 Å². The van der Waals surface area contributed by atoms with E-state index < -0.39 is 22.9 Å². The van der Waals surface area contributed by atoms with Crippen molar-refractivity contribution in [3.05, 3.63) is 152 Å². The van der Waals surface area contributed by atoms with Crippen LogP contribution >= 0.6 is 22.9 Å². The van der Waals surface area contributed by atoms with Gasteiger partial charge in [0.15, 0.2) is 0 Å². The molecule has 0 radical (unpaired) electrons. The Hall–Kier alpha value is -4.25. The van der Waals surface area contributed by atoms with Crippen molar-refractivity contribution in [3.8, 4) is 28.7 Å². The first-order valence-corrected chi connectivity index (χ1v) is 19.6. The molecule has 0 bridgehead atoms. The summed E-state index contributed by atoms with van der Waals surface area (Å²) in [5.41, 5.74) is 0. The van der Waals surface area contributed by atoms with E-state index in [1.807, 2.05) is 152 Å². The van der Waals surface area contributed by atoms with Crippen molar-refractivity contribution in [3.63, 3.8) is 0 Å². The summed E-state index contributed by atoms with van der Waals surface area (Å²) in [7, 11) is -10.9. The number of para-hydroxylation sites is 5. The Labute approximate surface area is 270 Å². The van der Waals surface area contributed by atoms with Gasteiger partial charge in [-0.3, -0.25) is 0 Å². The predicted octanol–water partition coefficient (Wildman–Crippen LogP) is 11.6. The van der Waals surface area contributed by atoms with Crippen LogP contribution in [0.25, 0.3) is 0 Å². The minimum Gasteiger partial charge on any atom is -0.430 e. The summed E-state index contributed by atoms with van der Waals surface area (Å²) in [6.45, 7) is 4.14. The molecule has 0 saturated heterocycles. The van der Waals surface area contributed by atoms with Gasteiger partial charge in [0.1, 0.15) is 28.7 Å². The fourth-order valence-corrected chi connectivity index (χ4v) is 14.0. The zero-order chi connectivity index (χ0) is 31.7. The highest BCUT2D eigenvalue weighted by molar-refractivity contribution is 7.79. The van der Waals surface area contributed by atoms with Crippen molar-refractivity contribution in [2.24, 2.45) is 13.5 Å². The summed E-state index contributed by atoms with van der Waals surface area (Å²) in [6.07, 6.45) is 0.775. The van der Waals surface area contributed by atoms with Gasteiger partial charge >= 0.3 is 22.9 Å². The van der Waals surface area contributed by atoms with E-state index in [0.717, 1.165) is 6.42 Å². The number of nitrogens with zero attached hydrogens (tertiary/aromatic N) is 3. The molecular weight excluding hydrogens is 637 g/mol. The first-order chi connectivity index (χ1) is 22.5. The summed E-state index contributed by atoms with van der Waals surface area (Å²) >= 11 is 0. The molecule has 1 aliphatic rings. The molecule has 0 fully saturated rings. The molecule has 0 saturated carbocycles. The van der Waals surface area contributed by atoms with E-state index in [4.69, 9.17) is 36.2 Å². The van der Waals surface area contributed by atoms with Gasteiger partial charge in [-0.15, -0.1) is 9.03 Å². The number of nitrogens with one attached hydrogen (secondary N) is 1. The van der Waals surface area contributed by atoms with Crippen LogP contribution in [0.2, 0.25) is 0 Å². The maximum Gasteiger partial charge on any atom is 0.459 e. The first kappa shape index (κ1) is 31.7. The van der Waals surface area contributed by atoms with E-state index in [9.17, 15) is 0 Å². The van der Waals surface area contributed by atoms with Gasteiger partial charge < -0.3 is 22.6 Å². The summed E-state index contributed by atoms with van der Waals surface area (Å²) in [6, 6.07) is 46.8. The normalized spacial score (nSPS) is 18.4. The predicted molar refractivity (Wildman–Crippen MR) is 186 cm³/mol. The van der Waals surface area contributed by atoms with Crippen molar-refractivity contribution >= 4 is 22.9 Å². The number of benzene rings is 5. The maximum absolute atomic E-state index is 6.82. The average Bonchev–Trinajstić information content (AvgIpc) is 3.06. The molecule has 2 unspecified atom stereocenters. The van der Waals surface area contributed by atoms with Crippen LogP contribution < -0.4 is 27.7 Å². The molecule has 6 rings (SSSR count). The third kappa shape index (κ3) is 8.12. The summed E-state index contributed by atoms with van der Waals surface area (Å²) in [5.74, 6) is 2.62. The molecule has 46 heavy (non-hydrogen) atoms. The second kappa shape index (κ2) is 14.5. The Morgan fingerprint density at radius 2 is 0.761 bits per heavy atom. The van der Waals surface area contributed by atoms with Crippen molar-refractivity contribution < 1.29 is 22.6 Å². The lowest BCUT2D eigenvalue weighted by Crippen LogP contribution is -2.25. The second-order valence-corrected chi connectivity index (χ2v) is 16.6. The van der Waals surface area contributed by atoms with Gasteiger partial charge in [-0.1, -0.05) is 102 Å². The minimum atomic E-state index is -3.74. The van der Waals surface area contributed by atoms with Crippen LogP contribution in [0.3, 0.4) is 0 Å². The van der Waals surface area contributed by atoms with E-state index in [1.165, 1.54) is 0 Å². The highest BCUT2D eigenvalue weighted by Gasteiger charge is 2.47. The Bertz CT molecular complexity index is 1700. The third-order valence-electron chi connectivity index (χ3n) is 6.54. The average molecular weight is 673 g/mol. The molecule has 0 amide bonds. The fraction of sp³-hybridized carbons (Fsp3) is 0.118. The molecule has 9 nitrogen and oxygen atoms in total. The number of rotatable bonds is 13. The highest BCUT2D eigenvalue weighted by Crippen LogP contribution is 2.77. The molecule has 1 N–H and O–H groups in total. The Morgan fingerprint density at radius 1 is 0.457 bits per heavy atom. The second-order valence-electron chi connectivity index (χ2n) is 10.3. The summed E-state index contributed by atoms with van der Waals surface area (Å²) in [4.78, 5) is 0. The molecule has 0 aliphatic carbocycles. The number of hydrogen-bond donors (Lipinski definition) is 1. The largest absolute Gasteiger partial charge is 0.459 e. The van der Waals surface area contributed by atoms with E-state index in [2.05, 4.69) is 18.9 Å². The monoisotopic (exact) mass is 672 g/mol. The lowest BCUT2D eigenvalue weighted by molar-refractivity contribution is 0.456. The molecule has 5 aromatic carbocycles. The van der Waals surface area contributed by atoms with Crippen LogP contribution in [0, 0.1) is 0 Å². The zero-order valence-electron chi connectivity index (χ0n) is 25.4. The molecule has 236 valence electrons. The smallest absolute Gasteiger partial charge is 0.430 e. The zero-order valence-corrected chi connectivity index (χ0v) is 28.1. The lowest BCUT2D eigenvalue weighted by Gasteiger charge is -2.34. The van der Waals surface area contributed by atoms with Crippen LogP contribution in [0.4, 0.5) is 0 Å². The summed E-state index contributed by atoms with van der Waals surface area (Å²) < 4.78 is 49.6.